The number of hydrogen-bond acceptors (Lipinski definition) is 6. The third kappa shape index (κ3) is 5.91. The normalized spacial score (nSPS) is 21.7. The predicted octanol–water partition coefficient (Wildman–Crippen LogP) is 2.51. The molecule has 2 aromatic heterocycles. The minimum absolute atomic E-state index is 0.179. The Morgan fingerprint density at radius 3 is 3.12 bits per heavy atom. The van der Waals surface area contributed by atoms with Crippen LogP contribution in [-0.2, 0) is 15.9 Å². The van der Waals surface area contributed by atoms with Gasteiger partial charge in [-0.2, -0.15) is 5.10 Å². The topological polar surface area (TPSA) is 94.1 Å². The lowest BCUT2D eigenvalue weighted by molar-refractivity contribution is 0.0526. The van der Waals surface area contributed by atoms with Crippen LogP contribution in [0, 0.1) is 5.92 Å². The second-order valence-electron chi connectivity index (χ2n) is 8.32. The van der Waals surface area contributed by atoms with E-state index in [9.17, 15) is 4.79 Å². The Kier molecular flexibility index (Phi) is 7.82. The maximum atomic E-state index is 12.0. The number of guanidine groups is 1. The largest absolute Gasteiger partial charge is 0.469 e. The first kappa shape index (κ1) is 22.4. The summed E-state index contributed by atoms with van der Waals surface area (Å²) in [5.41, 5.74) is 0.496. The van der Waals surface area contributed by atoms with E-state index in [1.54, 1.807) is 25.6 Å². The van der Waals surface area contributed by atoms with E-state index in [-0.39, 0.29) is 12.0 Å². The van der Waals surface area contributed by atoms with Gasteiger partial charge in [0.25, 0.3) is 0 Å². The Morgan fingerprint density at radius 2 is 2.34 bits per heavy atom. The number of nitrogens with zero attached hydrogens (tertiary/aromatic N) is 4. The number of esters is 1. The summed E-state index contributed by atoms with van der Waals surface area (Å²) in [6, 6.07) is 4.08. The summed E-state index contributed by atoms with van der Waals surface area (Å²) in [6.07, 6.45) is 9.00. The van der Waals surface area contributed by atoms with E-state index in [2.05, 4.69) is 15.3 Å². The molecule has 2 aliphatic heterocycles. The van der Waals surface area contributed by atoms with Gasteiger partial charge in [-0.15, -0.1) is 0 Å². The molecule has 9 heteroatoms. The molecule has 4 rings (SSSR count). The molecule has 2 fully saturated rings. The Hall–Kier alpha value is -2.81. The van der Waals surface area contributed by atoms with E-state index < -0.39 is 0 Å². The second kappa shape index (κ2) is 11.2. The zero-order valence-corrected chi connectivity index (χ0v) is 18.7. The number of furan rings is 1. The standard InChI is InChI=1S/C23H33N5O4/c1-2-31-22(29)19-14-26-28(15-19)20-5-3-10-27(16-20)23(25-13-18-8-12-30-17-18)24-9-7-21-6-4-11-32-21/h4,6,11,14-15,18,20H,2-3,5,7-10,12-13,16-17H2,1H3,(H,24,25). The van der Waals surface area contributed by atoms with Gasteiger partial charge in [0, 0.05) is 51.3 Å². The van der Waals surface area contributed by atoms with E-state index in [0.717, 1.165) is 76.8 Å². The highest BCUT2D eigenvalue weighted by atomic mass is 16.5. The average Bonchev–Trinajstić information content (AvgIpc) is 3.59. The van der Waals surface area contributed by atoms with Crippen LogP contribution in [0.4, 0.5) is 0 Å². The number of rotatable bonds is 8. The molecule has 2 atom stereocenters. The minimum Gasteiger partial charge on any atom is -0.469 e. The Bertz CT molecular complexity index is 873. The first-order valence-corrected chi connectivity index (χ1v) is 11.6. The van der Waals surface area contributed by atoms with Crippen molar-refractivity contribution in [3.63, 3.8) is 0 Å². The Morgan fingerprint density at radius 1 is 1.41 bits per heavy atom. The molecule has 0 aliphatic carbocycles. The van der Waals surface area contributed by atoms with Crippen molar-refractivity contribution >= 4 is 11.9 Å². The van der Waals surface area contributed by atoms with Gasteiger partial charge in [-0.25, -0.2) is 4.79 Å². The predicted molar refractivity (Wildman–Crippen MR) is 120 cm³/mol. The summed E-state index contributed by atoms with van der Waals surface area (Å²) in [4.78, 5) is 19.3. The molecule has 174 valence electrons. The summed E-state index contributed by atoms with van der Waals surface area (Å²) in [7, 11) is 0. The van der Waals surface area contributed by atoms with Gasteiger partial charge < -0.3 is 24.1 Å². The maximum absolute atomic E-state index is 12.0. The van der Waals surface area contributed by atoms with E-state index in [4.69, 9.17) is 18.9 Å². The summed E-state index contributed by atoms with van der Waals surface area (Å²) in [5.74, 6) is 2.04. The lowest BCUT2D eigenvalue weighted by Gasteiger charge is -2.35. The molecule has 0 amide bonds. The van der Waals surface area contributed by atoms with E-state index in [1.807, 2.05) is 16.8 Å². The number of ether oxygens (including phenoxy) is 2. The van der Waals surface area contributed by atoms with Crippen molar-refractivity contribution in [3.8, 4) is 0 Å². The smallest absolute Gasteiger partial charge is 0.341 e. The van der Waals surface area contributed by atoms with Crippen molar-refractivity contribution in [2.24, 2.45) is 10.9 Å². The highest BCUT2D eigenvalue weighted by Gasteiger charge is 2.25. The quantitative estimate of drug-likeness (QED) is 0.381. The molecule has 0 saturated carbocycles. The van der Waals surface area contributed by atoms with Crippen molar-refractivity contribution in [2.45, 2.75) is 38.6 Å². The fourth-order valence-electron chi connectivity index (χ4n) is 4.18. The molecule has 0 radical (unpaired) electrons. The average molecular weight is 444 g/mol. The number of aliphatic imine (C=N–C) groups is 1. The summed E-state index contributed by atoms with van der Waals surface area (Å²) in [6.45, 7) is 7.02. The lowest BCUT2D eigenvalue weighted by atomic mass is 10.1. The molecule has 2 unspecified atom stereocenters. The number of carbonyl (C=O) groups excluding carboxylic acids is 1. The Labute approximate surface area is 188 Å². The van der Waals surface area contributed by atoms with Crippen LogP contribution in [0.3, 0.4) is 0 Å². The summed E-state index contributed by atoms with van der Waals surface area (Å²) < 4.78 is 18.0. The summed E-state index contributed by atoms with van der Waals surface area (Å²) in [5, 5.41) is 7.98. The van der Waals surface area contributed by atoms with Gasteiger partial charge in [-0.05, 0) is 38.3 Å². The van der Waals surface area contributed by atoms with Crippen LogP contribution in [0.25, 0.3) is 0 Å². The molecular formula is C23H33N5O4. The van der Waals surface area contributed by atoms with Crippen molar-refractivity contribution < 1.29 is 18.7 Å². The van der Waals surface area contributed by atoms with Crippen molar-refractivity contribution in [1.29, 1.82) is 0 Å². The molecule has 0 bridgehead atoms. The zero-order chi connectivity index (χ0) is 22.2. The van der Waals surface area contributed by atoms with Crippen molar-refractivity contribution in [2.75, 3.05) is 46.0 Å². The van der Waals surface area contributed by atoms with Crippen LogP contribution < -0.4 is 5.32 Å². The maximum Gasteiger partial charge on any atom is 0.341 e. The molecule has 9 nitrogen and oxygen atoms in total. The molecule has 0 spiro atoms. The molecule has 2 aliphatic rings. The van der Waals surface area contributed by atoms with Crippen LogP contribution in [0.1, 0.15) is 48.3 Å². The molecule has 1 N–H and O–H groups in total. The van der Waals surface area contributed by atoms with Gasteiger partial charge in [0.05, 0.1) is 37.3 Å². The number of aromatic nitrogens is 2. The number of carbonyl (C=O) groups is 1. The second-order valence-corrected chi connectivity index (χ2v) is 8.32. The molecule has 4 heterocycles. The third-order valence-electron chi connectivity index (χ3n) is 5.94. The number of piperidine rings is 1. The Balaban J connectivity index is 1.40. The minimum atomic E-state index is -0.327. The monoisotopic (exact) mass is 443 g/mol. The fraction of sp³-hybridized carbons (Fsp3) is 0.609. The van der Waals surface area contributed by atoms with Gasteiger partial charge >= 0.3 is 5.97 Å². The fourth-order valence-corrected chi connectivity index (χ4v) is 4.18. The summed E-state index contributed by atoms with van der Waals surface area (Å²) >= 11 is 0. The van der Waals surface area contributed by atoms with Gasteiger partial charge in [0.15, 0.2) is 5.96 Å². The lowest BCUT2D eigenvalue weighted by Crippen LogP contribution is -2.47. The van der Waals surface area contributed by atoms with Crippen molar-refractivity contribution in [1.82, 2.24) is 20.0 Å². The third-order valence-corrected chi connectivity index (χ3v) is 5.94. The van der Waals surface area contributed by atoms with Crippen LogP contribution in [0.15, 0.2) is 40.2 Å². The van der Waals surface area contributed by atoms with Crippen LogP contribution in [0.2, 0.25) is 0 Å². The first-order valence-electron chi connectivity index (χ1n) is 11.6. The molecule has 0 aromatic carbocycles. The highest BCUT2D eigenvalue weighted by molar-refractivity contribution is 5.88. The number of nitrogens with one attached hydrogen (secondary N) is 1. The van der Waals surface area contributed by atoms with E-state index >= 15 is 0 Å². The van der Waals surface area contributed by atoms with Crippen LogP contribution >= 0.6 is 0 Å². The van der Waals surface area contributed by atoms with Gasteiger partial charge in [0.2, 0.25) is 0 Å². The van der Waals surface area contributed by atoms with Crippen LogP contribution in [-0.4, -0.2) is 72.6 Å². The number of hydrogen-bond donors (Lipinski definition) is 1. The molecular weight excluding hydrogens is 410 g/mol. The van der Waals surface area contributed by atoms with Crippen LogP contribution in [0.5, 0.6) is 0 Å². The van der Waals surface area contributed by atoms with Crippen molar-refractivity contribution in [3.05, 3.63) is 42.1 Å². The molecule has 32 heavy (non-hydrogen) atoms. The van der Waals surface area contributed by atoms with Gasteiger partial charge in [0.1, 0.15) is 5.76 Å². The van der Waals surface area contributed by atoms with Gasteiger partial charge in [-0.3, -0.25) is 9.67 Å². The van der Waals surface area contributed by atoms with E-state index in [0.29, 0.717) is 18.1 Å². The zero-order valence-electron chi connectivity index (χ0n) is 18.7. The molecule has 2 aromatic rings. The van der Waals surface area contributed by atoms with E-state index in [1.165, 1.54) is 0 Å². The molecule has 2 saturated heterocycles. The van der Waals surface area contributed by atoms with Gasteiger partial charge in [-0.1, -0.05) is 0 Å². The number of likely N-dealkylation sites (tertiary alicyclic amines) is 1. The SMILES string of the molecule is CCOC(=O)c1cnn(C2CCCN(C(=NCC3CCOC3)NCCc3ccco3)C2)c1. The first-order chi connectivity index (χ1) is 15.7. The highest BCUT2D eigenvalue weighted by Crippen LogP contribution is 2.22.